The highest BCUT2D eigenvalue weighted by molar-refractivity contribution is 7.16. The number of nitrogens with zero attached hydrogens (tertiary/aromatic N) is 3. The van der Waals surface area contributed by atoms with Gasteiger partial charge in [-0.3, -0.25) is 4.79 Å². The normalized spacial score (nSPS) is 19.5. The fourth-order valence-electron chi connectivity index (χ4n) is 4.70. The number of amides is 1. The summed E-state index contributed by atoms with van der Waals surface area (Å²) < 4.78 is 11.0. The molecule has 3 aliphatic rings. The van der Waals surface area contributed by atoms with Gasteiger partial charge in [-0.05, 0) is 42.7 Å². The number of ether oxygens (including phenoxy) is 2. The summed E-state index contributed by atoms with van der Waals surface area (Å²) in [5, 5.41) is 4.09. The summed E-state index contributed by atoms with van der Waals surface area (Å²) in [7, 11) is 0. The quantitative estimate of drug-likeness (QED) is 0.583. The van der Waals surface area contributed by atoms with Crippen molar-refractivity contribution in [3.63, 3.8) is 0 Å². The Balaban J connectivity index is 1.28. The van der Waals surface area contributed by atoms with Gasteiger partial charge in [-0.15, -0.1) is 11.3 Å². The van der Waals surface area contributed by atoms with Crippen molar-refractivity contribution in [1.29, 1.82) is 0 Å². The maximum Gasteiger partial charge on any atom is 0.256 e. The van der Waals surface area contributed by atoms with Gasteiger partial charge < -0.3 is 19.7 Å². The minimum atomic E-state index is -0.409. The number of rotatable bonds is 5. The summed E-state index contributed by atoms with van der Waals surface area (Å²) in [4.78, 5) is 26.6. The lowest BCUT2D eigenvalue weighted by atomic mass is 9.95. The molecule has 3 aliphatic heterocycles. The van der Waals surface area contributed by atoms with Gasteiger partial charge in [0.15, 0.2) is 0 Å². The van der Waals surface area contributed by atoms with Gasteiger partial charge in [-0.2, -0.15) is 0 Å². The lowest BCUT2D eigenvalue weighted by Crippen LogP contribution is -2.56. The molecule has 0 unspecified atom stereocenters. The second-order valence-electron chi connectivity index (χ2n) is 8.70. The van der Waals surface area contributed by atoms with E-state index in [0.717, 1.165) is 52.6 Å². The number of anilines is 1. The molecule has 7 nitrogen and oxygen atoms in total. The van der Waals surface area contributed by atoms with Gasteiger partial charge in [0.25, 0.3) is 5.91 Å². The molecule has 1 spiro atoms. The summed E-state index contributed by atoms with van der Waals surface area (Å²) in [6, 6.07) is 11.9. The van der Waals surface area contributed by atoms with Crippen LogP contribution in [0.3, 0.4) is 0 Å². The Labute approximate surface area is 200 Å². The molecule has 0 radical (unpaired) electrons. The van der Waals surface area contributed by atoms with E-state index >= 15 is 0 Å². The Morgan fingerprint density at radius 3 is 2.79 bits per heavy atom. The van der Waals surface area contributed by atoms with Gasteiger partial charge in [0.2, 0.25) is 5.95 Å². The van der Waals surface area contributed by atoms with E-state index in [1.165, 1.54) is 0 Å². The topological polar surface area (TPSA) is 76.6 Å². The molecule has 6 rings (SSSR count). The Morgan fingerprint density at radius 1 is 1.18 bits per heavy atom. The van der Waals surface area contributed by atoms with Crippen LogP contribution < -0.4 is 5.32 Å². The second-order valence-corrected chi connectivity index (χ2v) is 10.2. The molecule has 0 atom stereocenters. The fraction of sp³-hybridized carbons (Fsp3) is 0.375. The molecule has 0 aliphatic carbocycles. The smallest absolute Gasteiger partial charge is 0.256 e. The van der Waals surface area contributed by atoms with Crippen molar-refractivity contribution in [2.45, 2.75) is 31.0 Å². The molecule has 3 aromatic rings. The molecule has 1 amide bonds. The van der Waals surface area contributed by atoms with E-state index in [4.69, 9.17) is 26.1 Å². The maximum atomic E-state index is 13.5. The molecule has 1 N–H and O–H groups in total. The van der Waals surface area contributed by atoms with E-state index < -0.39 is 5.54 Å². The van der Waals surface area contributed by atoms with Crippen LogP contribution in [-0.4, -0.2) is 53.2 Å². The van der Waals surface area contributed by atoms with Crippen molar-refractivity contribution < 1.29 is 14.3 Å². The van der Waals surface area contributed by atoms with Crippen LogP contribution in [0, 0.1) is 0 Å². The zero-order chi connectivity index (χ0) is 22.4. The predicted octanol–water partition coefficient (Wildman–Crippen LogP) is 4.33. The predicted molar refractivity (Wildman–Crippen MR) is 127 cm³/mol. The first-order valence-corrected chi connectivity index (χ1v) is 12.3. The summed E-state index contributed by atoms with van der Waals surface area (Å²) >= 11 is 7.79. The molecule has 0 saturated carbocycles. The first kappa shape index (κ1) is 21.0. The minimum Gasteiger partial charge on any atom is -0.381 e. The first-order chi connectivity index (χ1) is 16.1. The molecular formula is C24H23ClN4O3S. The highest BCUT2D eigenvalue weighted by atomic mass is 35.5. The molecule has 1 aromatic carbocycles. The maximum absolute atomic E-state index is 13.5. The number of carbonyl (C=O) groups is 1. The molecule has 2 saturated heterocycles. The van der Waals surface area contributed by atoms with Gasteiger partial charge in [0.05, 0.1) is 29.3 Å². The van der Waals surface area contributed by atoms with Crippen LogP contribution in [0.2, 0.25) is 5.02 Å². The summed E-state index contributed by atoms with van der Waals surface area (Å²) in [6.45, 7) is 3.03. The molecular weight excluding hydrogens is 460 g/mol. The summed E-state index contributed by atoms with van der Waals surface area (Å²) in [6.07, 6.45) is 3.66. The van der Waals surface area contributed by atoms with E-state index in [2.05, 4.69) is 10.3 Å². The number of nitrogens with one attached hydrogen (secondary N) is 1. The Morgan fingerprint density at radius 2 is 2.03 bits per heavy atom. The van der Waals surface area contributed by atoms with Crippen LogP contribution in [0.4, 0.5) is 5.95 Å². The van der Waals surface area contributed by atoms with Crippen LogP contribution in [0.5, 0.6) is 0 Å². The number of aromatic nitrogens is 2. The standard InChI is InChI=1S/C24H23ClN4O3S/c25-16-3-1-2-15(10-16)12-29-22(30)18-11-20(33-21(18)24(29)13-32-14-24)19-4-7-26-23(28-19)27-17-5-8-31-9-6-17/h1-4,7,10-11,17H,5-6,8-9,12-14H2,(H,26,27,28). The molecule has 9 heteroatoms. The first-order valence-electron chi connectivity index (χ1n) is 11.1. The largest absolute Gasteiger partial charge is 0.381 e. The zero-order valence-electron chi connectivity index (χ0n) is 17.9. The highest BCUT2D eigenvalue weighted by Crippen LogP contribution is 2.50. The van der Waals surface area contributed by atoms with E-state index in [0.29, 0.717) is 36.8 Å². The van der Waals surface area contributed by atoms with Crippen molar-refractivity contribution in [3.05, 3.63) is 63.6 Å². The van der Waals surface area contributed by atoms with Crippen LogP contribution in [0.1, 0.15) is 33.6 Å². The fourth-order valence-corrected chi connectivity index (χ4v) is 6.20. The van der Waals surface area contributed by atoms with Gasteiger partial charge in [-0.1, -0.05) is 23.7 Å². The number of fused-ring (bicyclic) bond motifs is 2. The zero-order valence-corrected chi connectivity index (χ0v) is 19.5. The van der Waals surface area contributed by atoms with Crippen molar-refractivity contribution in [1.82, 2.24) is 14.9 Å². The Hall–Kier alpha value is -2.52. The SMILES string of the molecule is O=C1c2cc(-c3ccnc(NC4CCOCC4)n3)sc2C2(COC2)N1Cc1cccc(Cl)c1. The van der Waals surface area contributed by atoms with E-state index in [9.17, 15) is 4.79 Å². The van der Waals surface area contributed by atoms with Crippen molar-refractivity contribution in [2.75, 3.05) is 31.7 Å². The highest BCUT2D eigenvalue weighted by Gasteiger charge is 2.56. The number of halogens is 1. The lowest BCUT2D eigenvalue weighted by Gasteiger charge is -2.45. The number of hydrogen-bond acceptors (Lipinski definition) is 7. The van der Waals surface area contributed by atoms with Crippen molar-refractivity contribution >= 4 is 34.8 Å². The minimum absolute atomic E-state index is 0.0328. The molecule has 0 bridgehead atoms. The third kappa shape index (κ3) is 3.71. The monoisotopic (exact) mass is 482 g/mol. The van der Waals surface area contributed by atoms with E-state index in [1.54, 1.807) is 17.5 Å². The van der Waals surface area contributed by atoms with Gasteiger partial charge in [0, 0.05) is 41.9 Å². The van der Waals surface area contributed by atoms with E-state index in [1.807, 2.05) is 41.3 Å². The van der Waals surface area contributed by atoms with Crippen LogP contribution >= 0.6 is 22.9 Å². The number of thiophene rings is 1. The Bertz CT molecular complexity index is 1210. The van der Waals surface area contributed by atoms with Crippen molar-refractivity contribution in [3.8, 4) is 10.6 Å². The third-order valence-electron chi connectivity index (χ3n) is 6.52. The van der Waals surface area contributed by atoms with E-state index in [-0.39, 0.29) is 5.91 Å². The van der Waals surface area contributed by atoms with Crippen LogP contribution in [0.15, 0.2) is 42.6 Å². The molecule has 2 aromatic heterocycles. The molecule has 2 fully saturated rings. The molecule has 5 heterocycles. The molecule has 33 heavy (non-hydrogen) atoms. The molecule has 170 valence electrons. The number of carbonyl (C=O) groups excluding carboxylic acids is 1. The van der Waals surface area contributed by atoms with Crippen molar-refractivity contribution in [2.24, 2.45) is 0 Å². The van der Waals surface area contributed by atoms with Gasteiger partial charge in [-0.25, -0.2) is 9.97 Å². The Kier molecular flexibility index (Phi) is 5.33. The second kappa shape index (κ2) is 8.36. The average molecular weight is 483 g/mol. The number of benzene rings is 1. The number of hydrogen-bond donors (Lipinski definition) is 1. The lowest BCUT2D eigenvalue weighted by molar-refractivity contribution is -0.126. The van der Waals surface area contributed by atoms with Crippen LogP contribution in [-0.2, 0) is 21.6 Å². The third-order valence-corrected chi connectivity index (χ3v) is 8.11. The van der Waals surface area contributed by atoms with Crippen LogP contribution in [0.25, 0.3) is 10.6 Å². The van der Waals surface area contributed by atoms with Gasteiger partial charge in [0.1, 0.15) is 5.54 Å². The average Bonchev–Trinajstić information content (AvgIpc) is 3.32. The van der Waals surface area contributed by atoms with Gasteiger partial charge >= 0.3 is 0 Å². The summed E-state index contributed by atoms with van der Waals surface area (Å²) in [5.74, 6) is 0.647. The summed E-state index contributed by atoms with van der Waals surface area (Å²) in [5.41, 5.74) is 2.17.